The van der Waals surface area contributed by atoms with E-state index in [1.807, 2.05) is 0 Å². The lowest BCUT2D eigenvalue weighted by Gasteiger charge is -2.18. The van der Waals surface area contributed by atoms with Crippen LogP contribution in [0.5, 0.6) is 5.75 Å². The van der Waals surface area contributed by atoms with E-state index in [1.54, 1.807) is 19.0 Å². The molecule has 0 saturated carbocycles. The summed E-state index contributed by atoms with van der Waals surface area (Å²) in [6.45, 7) is 3.40. The summed E-state index contributed by atoms with van der Waals surface area (Å²) in [4.78, 5) is 12.8. The minimum Gasteiger partial charge on any atom is -0.494 e. The van der Waals surface area contributed by atoms with Gasteiger partial charge in [0.15, 0.2) is 15.6 Å². The van der Waals surface area contributed by atoms with Crippen molar-refractivity contribution in [1.82, 2.24) is 0 Å². The molecule has 0 aromatic heterocycles. The van der Waals surface area contributed by atoms with Crippen molar-refractivity contribution in [2.24, 2.45) is 0 Å². The number of benzene rings is 1. The highest BCUT2D eigenvalue weighted by Gasteiger charge is 2.25. The molecule has 0 bridgehead atoms. The maximum atomic E-state index is 12.2. The van der Waals surface area contributed by atoms with E-state index in [9.17, 15) is 18.3 Å². The van der Waals surface area contributed by atoms with E-state index in [0.29, 0.717) is 5.69 Å². The Hall–Kier alpha value is -2.02. The first-order chi connectivity index (χ1) is 9.24. The lowest BCUT2D eigenvalue weighted by atomic mass is 10.1. The molecule has 0 aliphatic carbocycles. The number of carboxylic acids is 1. The van der Waals surface area contributed by atoms with Gasteiger partial charge in [-0.1, -0.05) is 6.08 Å². The number of aromatic carboxylic acids is 1. The lowest BCUT2D eigenvalue weighted by molar-refractivity contribution is 0.0693. The first kappa shape index (κ1) is 16.0. The lowest BCUT2D eigenvalue weighted by Crippen LogP contribution is -2.15. The van der Waals surface area contributed by atoms with E-state index in [-0.39, 0.29) is 22.0 Å². The summed E-state index contributed by atoms with van der Waals surface area (Å²) in [7, 11) is 0.926. The molecule has 1 rings (SSSR count). The number of hydrogen-bond donors (Lipinski definition) is 1. The maximum Gasteiger partial charge on any atom is 0.339 e. The molecule has 1 aromatic carbocycles. The van der Waals surface area contributed by atoms with Crippen molar-refractivity contribution in [3.63, 3.8) is 0 Å². The second-order valence-electron chi connectivity index (χ2n) is 4.29. The smallest absolute Gasteiger partial charge is 0.339 e. The fourth-order valence-corrected chi connectivity index (χ4v) is 2.96. The number of hydrogen-bond acceptors (Lipinski definition) is 5. The Balaban J connectivity index is 3.72. The zero-order valence-corrected chi connectivity index (χ0v) is 12.4. The number of ether oxygens (including phenoxy) is 1. The minimum absolute atomic E-state index is 0.150. The van der Waals surface area contributed by atoms with Crippen molar-refractivity contribution in [1.29, 1.82) is 0 Å². The Labute approximate surface area is 118 Å². The Morgan fingerprint density at radius 1 is 1.45 bits per heavy atom. The monoisotopic (exact) mass is 299 g/mol. The molecule has 0 atom stereocenters. The van der Waals surface area contributed by atoms with E-state index in [4.69, 9.17) is 4.74 Å². The second kappa shape index (κ2) is 5.96. The molecular weight excluding hydrogens is 282 g/mol. The van der Waals surface area contributed by atoms with Crippen LogP contribution in [-0.4, -0.2) is 46.5 Å². The summed E-state index contributed by atoms with van der Waals surface area (Å²) in [6, 6.07) is 2.76. The fraction of sp³-hybridized carbons (Fsp3) is 0.308. The molecule has 0 saturated heterocycles. The van der Waals surface area contributed by atoms with Crippen molar-refractivity contribution in [2.45, 2.75) is 4.90 Å². The summed E-state index contributed by atoms with van der Waals surface area (Å²) in [6.07, 6.45) is 1.25. The van der Waals surface area contributed by atoms with E-state index >= 15 is 0 Å². The molecule has 0 radical (unpaired) electrons. The number of anilines is 1. The van der Waals surface area contributed by atoms with Crippen molar-refractivity contribution < 1.29 is 23.1 Å². The average molecular weight is 299 g/mol. The van der Waals surface area contributed by atoms with Crippen LogP contribution in [0.4, 0.5) is 5.69 Å². The number of carboxylic acid groups (broad SMARTS) is 1. The van der Waals surface area contributed by atoms with Gasteiger partial charge in [-0.25, -0.2) is 13.2 Å². The third-order valence-corrected chi connectivity index (χ3v) is 4.31. The van der Waals surface area contributed by atoms with Crippen LogP contribution in [0.1, 0.15) is 10.4 Å². The van der Waals surface area contributed by atoms with Gasteiger partial charge < -0.3 is 14.7 Å². The number of rotatable bonds is 6. The number of nitrogens with zero attached hydrogens (tertiary/aromatic N) is 1. The van der Waals surface area contributed by atoms with Crippen LogP contribution in [0.2, 0.25) is 0 Å². The normalized spacial score (nSPS) is 10.9. The summed E-state index contributed by atoms with van der Waals surface area (Å²) < 4.78 is 29.4. The minimum atomic E-state index is -3.70. The number of methoxy groups -OCH3 is 1. The number of carbonyl (C=O) groups is 1. The molecule has 6 nitrogen and oxygen atoms in total. The summed E-state index contributed by atoms with van der Waals surface area (Å²) in [5, 5.41) is 9.21. The van der Waals surface area contributed by atoms with Crippen LogP contribution in [-0.2, 0) is 9.84 Å². The second-order valence-corrected chi connectivity index (χ2v) is 6.30. The fourth-order valence-electron chi connectivity index (χ4n) is 1.69. The van der Waals surface area contributed by atoms with Crippen molar-refractivity contribution in [3.8, 4) is 5.75 Å². The third kappa shape index (κ3) is 3.11. The third-order valence-electron chi connectivity index (χ3n) is 2.66. The van der Waals surface area contributed by atoms with Gasteiger partial charge in [-0.05, 0) is 12.1 Å². The SMILES string of the molecule is C=CCS(=O)(=O)c1cc(N(C)C)cc(C(=O)O)c1OC. The van der Waals surface area contributed by atoms with Crippen LogP contribution < -0.4 is 9.64 Å². The van der Waals surface area contributed by atoms with Gasteiger partial charge in [-0.15, -0.1) is 6.58 Å². The van der Waals surface area contributed by atoms with E-state index in [1.165, 1.54) is 25.3 Å². The van der Waals surface area contributed by atoms with Gasteiger partial charge in [-0.2, -0.15) is 0 Å². The molecule has 7 heteroatoms. The van der Waals surface area contributed by atoms with Crippen LogP contribution in [0.3, 0.4) is 0 Å². The standard InChI is InChI=1S/C13H17NO5S/c1-5-6-20(17,18)11-8-9(14(2)3)7-10(13(15)16)12(11)19-4/h5,7-8H,1,6H2,2-4H3,(H,15,16). The van der Waals surface area contributed by atoms with Crippen molar-refractivity contribution >= 4 is 21.5 Å². The van der Waals surface area contributed by atoms with Gasteiger partial charge in [0.1, 0.15) is 10.5 Å². The Bertz CT molecular complexity index is 634. The molecule has 0 amide bonds. The van der Waals surface area contributed by atoms with Gasteiger partial charge >= 0.3 is 5.97 Å². The largest absolute Gasteiger partial charge is 0.494 e. The summed E-state index contributed by atoms with van der Waals surface area (Å²) in [5.74, 6) is -1.70. The Kier molecular flexibility index (Phi) is 4.78. The van der Waals surface area contributed by atoms with Gasteiger partial charge in [-0.3, -0.25) is 0 Å². The summed E-state index contributed by atoms with van der Waals surface area (Å²) >= 11 is 0. The van der Waals surface area contributed by atoms with Gasteiger partial charge in [0.25, 0.3) is 0 Å². The van der Waals surface area contributed by atoms with Gasteiger partial charge in [0.2, 0.25) is 0 Å². The molecule has 1 aromatic rings. The molecule has 0 heterocycles. The van der Waals surface area contributed by atoms with E-state index in [2.05, 4.69) is 6.58 Å². The van der Waals surface area contributed by atoms with E-state index in [0.717, 1.165) is 0 Å². The molecule has 20 heavy (non-hydrogen) atoms. The first-order valence-electron chi connectivity index (χ1n) is 5.71. The maximum absolute atomic E-state index is 12.2. The van der Waals surface area contributed by atoms with Crippen LogP contribution in [0.15, 0.2) is 29.7 Å². The predicted octanol–water partition coefficient (Wildman–Crippen LogP) is 1.42. The van der Waals surface area contributed by atoms with Crippen LogP contribution >= 0.6 is 0 Å². The van der Waals surface area contributed by atoms with Gasteiger partial charge in [0, 0.05) is 19.8 Å². The summed E-state index contributed by atoms with van der Waals surface area (Å²) in [5.41, 5.74) is 0.271. The van der Waals surface area contributed by atoms with Crippen molar-refractivity contribution in [2.75, 3.05) is 31.9 Å². The molecule has 0 unspecified atom stereocenters. The zero-order valence-electron chi connectivity index (χ0n) is 11.6. The quantitative estimate of drug-likeness (QED) is 0.800. The molecule has 0 aliphatic heterocycles. The highest BCUT2D eigenvalue weighted by Crippen LogP contribution is 2.33. The Morgan fingerprint density at radius 2 is 2.05 bits per heavy atom. The van der Waals surface area contributed by atoms with E-state index < -0.39 is 15.8 Å². The predicted molar refractivity (Wildman–Crippen MR) is 76.5 cm³/mol. The van der Waals surface area contributed by atoms with Gasteiger partial charge in [0.05, 0.1) is 12.9 Å². The highest BCUT2D eigenvalue weighted by atomic mass is 32.2. The Morgan fingerprint density at radius 3 is 2.45 bits per heavy atom. The highest BCUT2D eigenvalue weighted by molar-refractivity contribution is 7.91. The van der Waals surface area contributed by atoms with Crippen LogP contribution in [0.25, 0.3) is 0 Å². The van der Waals surface area contributed by atoms with Crippen molar-refractivity contribution in [3.05, 3.63) is 30.4 Å². The zero-order chi connectivity index (χ0) is 15.5. The van der Waals surface area contributed by atoms with Crippen LogP contribution in [0, 0.1) is 0 Å². The number of sulfone groups is 1. The molecule has 110 valence electrons. The molecular formula is C13H17NO5S. The topological polar surface area (TPSA) is 83.9 Å². The molecule has 1 N–H and O–H groups in total. The average Bonchev–Trinajstić information content (AvgIpc) is 2.36. The molecule has 0 fully saturated rings. The molecule has 0 aliphatic rings. The molecule has 0 spiro atoms. The first-order valence-corrected chi connectivity index (χ1v) is 7.36.